The number of likely N-dealkylation sites (tertiary alicyclic amines) is 1. The minimum atomic E-state index is -0.668. The topological polar surface area (TPSA) is 106 Å². The number of nitrogens with one attached hydrogen (secondary N) is 1. The summed E-state index contributed by atoms with van der Waals surface area (Å²) < 4.78 is 17.8. The summed E-state index contributed by atoms with van der Waals surface area (Å²) in [6.07, 6.45) is 5.80. The van der Waals surface area contributed by atoms with Gasteiger partial charge in [0, 0.05) is 43.0 Å². The third-order valence-corrected chi connectivity index (χ3v) is 7.99. The summed E-state index contributed by atoms with van der Waals surface area (Å²) in [5, 5.41) is 2.83. The normalized spacial score (nSPS) is 21.5. The third-order valence-electron chi connectivity index (χ3n) is 7.99. The molecule has 2 aliphatic heterocycles. The molecule has 2 saturated heterocycles. The molecular formula is C29H50BN5O5. The molecule has 2 atom stereocenters. The molecule has 2 amide bonds. The zero-order valence-electron chi connectivity index (χ0n) is 26.4. The van der Waals surface area contributed by atoms with E-state index in [9.17, 15) is 9.59 Å². The van der Waals surface area contributed by atoms with Crippen LogP contribution in [0.15, 0.2) is 12.4 Å². The first-order chi connectivity index (χ1) is 18.4. The maximum Gasteiger partial charge on any atom is 0.498 e. The Bertz CT molecular complexity index is 1010. The highest BCUT2D eigenvalue weighted by Crippen LogP contribution is 2.36. The highest BCUT2D eigenvalue weighted by molar-refractivity contribution is 6.61. The molecule has 0 saturated carbocycles. The van der Waals surface area contributed by atoms with Crippen molar-refractivity contribution in [2.24, 2.45) is 5.92 Å². The zero-order chi connectivity index (χ0) is 30.0. The van der Waals surface area contributed by atoms with Crippen molar-refractivity contribution in [3.63, 3.8) is 0 Å². The number of hydrogen-bond donors (Lipinski definition) is 1. The molecule has 0 spiro atoms. The standard InChI is InChI=1S/C29H50BN5O5/c1-19(2)23(33-26(37)38-27(5,6)7)24(36)34-15-13-12-14-22(34)18-35(20(3)4)25-31-16-21(17-32-25)30-39-28(8,9)29(10,11)40-30/h16-17,19-20,22-23H,12-15,18H2,1-11H3,(H,33,37)/t22-,23+/m0/s1. The summed E-state index contributed by atoms with van der Waals surface area (Å²) in [5.41, 5.74) is -0.751. The van der Waals surface area contributed by atoms with Crippen molar-refractivity contribution in [2.45, 2.75) is 130 Å². The second-order valence-electron chi connectivity index (χ2n) is 13.7. The molecule has 0 aromatic carbocycles. The monoisotopic (exact) mass is 559 g/mol. The van der Waals surface area contributed by atoms with E-state index in [0.29, 0.717) is 19.0 Å². The van der Waals surface area contributed by atoms with Crippen LogP contribution in [0.25, 0.3) is 0 Å². The van der Waals surface area contributed by atoms with E-state index >= 15 is 0 Å². The maximum absolute atomic E-state index is 13.8. The van der Waals surface area contributed by atoms with Crippen molar-refractivity contribution in [3.05, 3.63) is 12.4 Å². The van der Waals surface area contributed by atoms with Crippen LogP contribution in [0.1, 0.15) is 95.4 Å². The molecule has 1 aromatic heterocycles. The first-order valence-electron chi connectivity index (χ1n) is 14.7. The number of rotatable bonds is 8. The average Bonchev–Trinajstić information content (AvgIpc) is 3.06. The van der Waals surface area contributed by atoms with E-state index in [1.165, 1.54) is 0 Å². The van der Waals surface area contributed by atoms with Crippen LogP contribution in [0.2, 0.25) is 0 Å². The molecule has 3 rings (SSSR count). The number of carbonyl (C=O) groups excluding carboxylic acids is 2. The average molecular weight is 560 g/mol. The molecule has 2 aliphatic rings. The van der Waals surface area contributed by atoms with Gasteiger partial charge < -0.3 is 29.2 Å². The number of amides is 2. The number of hydrogen-bond acceptors (Lipinski definition) is 8. The Hall–Kier alpha value is -2.40. The fraction of sp³-hybridized carbons (Fsp3) is 0.793. The molecule has 1 aromatic rings. The van der Waals surface area contributed by atoms with Gasteiger partial charge in [-0.15, -0.1) is 0 Å². The van der Waals surface area contributed by atoms with Crippen LogP contribution < -0.4 is 15.7 Å². The number of carbonyl (C=O) groups is 2. The Morgan fingerprint density at radius 3 is 2.17 bits per heavy atom. The van der Waals surface area contributed by atoms with E-state index < -0.39 is 36.1 Å². The fourth-order valence-electron chi connectivity index (χ4n) is 4.94. The second kappa shape index (κ2) is 12.2. The molecule has 0 radical (unpaired) electrons. The van der Waals surface area contributed by atoms with Gasteiger partial charge in [-0.1, -0.05) is 13.8 Å². The number of nitrogens with zero attached hydrogens (tertiary/aromatic N) is 4. The summed E-state index contributed by atoms with van der Waals surface area (Å²) in [7, 11) is -0.525. The molecule has 2 fully saturated rings. The Morgan fingerprint density at radius 1 is 1.10 bits per heavy atom. The van der Waals surface area contributed by atoms with Gasteiger partial charge in [0.1, 0.15) is 11.6 Å². The van der Waals surface area contributed by atoms with Gasteiger partial charge in [0.05, 0.1) is 11.2 Å². The van der Waals surface area contributed by atoms with Gasteiger partial charge in [-0.2, -0.15) is 0 Å². The van der Waals surface area contributed by atoms with Gasteiger partial charge in [-0.05, 0) is 87.5 Å². The maximum atomic E-state index is 13.8. The Balaban J connectivity index is 1.76. The van der Waals surface area contributed by atoms with Gasteiger partial charge in [0.15, 0.2) is 0 Å². The van der Waals surface area contributed by atoms with Gasteiger partial charge in [0.25, 0.3) is 0 Å². The molecule has 40 heavy (non-hydrogen) atoms. The van der Waals surface area contributed by atoms with Crippen LogP contribution in [-0.4, -0.2) is 82.0 Å². The molecule has 0 aliphatic carbocycles. The molecule has 1 N–H and O–H groups in total. The van der Waals surface area contributed by atoms with Crippen molar-refractivity contribution in [1.82, 2.24) is 20.2 Å². The summed E-state index contributed by atoms with van der Waals surface area (Å²) in [6.45, 7) is 22.8. The van der Waals surface area contributed by atoms with Crippen molar-refractivity contribution in [1.29, 1.82) is 0 Å². The lowest BCUT2D eigenvalue weighted by Gasteiger charge is -2.42. The van der Waals surface area contributed by atoms with Crippen molar-refractivity contribution >= 4 is 30.5 Å². The Kier molecular flexibility index (Phi) is 9.82. The predicted molar refractivity (Wildman–Crippen MR) is 158 cm³/mol. The van der Waals surface area contributed by atoms with Crippen LogP contribution in [0.4, 0.5) is 10.7 Å². The largest absolute Gasteiger partial charge is 0.498 e. The smallest absolute Gasteiger partial charge is 0.444 e. The molecule has 11 heteroatoms. The predicted octanol–water partition coefficient (Wildman–Crippen LogP) is 3.92. The summed E-state index contributed by atoms with van der Waals surface area (Å²) in [4.78, 5) is 39.8. The highest BCUT2D eigenvalue weighted by atomic mass is 16.7. The Labute approximate surface area is 241 Å². The lowest BCUT2D eigenvalue weighted by Crippen LogP contribution is -2.58. The van der Waals surface area contributed by atoms with Crippen LogP contribution in [0.3, 0.4) is 0 Å². The molecule has 0 unspecified atom stereocenters. The minimum Gasteiger partial charge on any atom is -0.444 e. The minimum absolute atomic E-state index is 0.0308. The van der Waals surface area contributed by atoms with E-state index in [4.69, 9.17) is 24.0 Å². The van der Waals surface area contributed by atoms with Crippen LogP contribution in [0.5, 0.6) is 0 Å². The van der Waals surface area contributed by atoms with Crippen molar-refractivity contribution in [3.8, 4) is 0 Å². The first kappa shape index (κ1) is 32.1. The van der Waals surface area contributed by atoms with Gasteiger partial charge in [0.2, 0.25) is 11.9 Å². The number of piperidine rings is 1. The summed E-state index contributed by atoms with van der Waals surface area (Å²) in [6, 6.07) is -0.586. The molecule has 10 nitrogen and oxygen atoms in total. The van der Waals surface area contributed by atoms with Crippen molar-refractivity contribution in [2.75, 3.05) is 18.0 Å². The van der Waals surface area contributed by atoms with E-state index in [0.717, 1.165) is 24.7 Å². The van der Waals surface area contributed by atoms with E-state index in [1.807, 2.05) is 67.2 Å². The first-order valence-corrected chi connectivity index (χ1v) is 14.7. The van der Waals surface area contributed by atoms with Gasteiger partial charge in [-0.3, -0.25) is 4.79 Å². The number of ether oxygens (including phenoxy) is 1. The number of alkyl carbamates (subject to hydrolysis) is 1. The van der Waals surface area contributed by atoms with E-state index in [2.05, 4.69) is 24.1 Å². The number of aromatic nitrogens is 2. The SMILES string of the molecule is CC(C)[C@@H](NC(=O)OC(C)(C)C)C(=O)N1CCCC[C@H]1CN(c1ncc(B2OC(C)(C)C(C)(C)O2)cn1)C(C)C. The third kappa shape index (κ3) is 7.66. The van der Waals surface area contributed by atoms with Gasteiger partial charge >= 0.3 is 13.2 Å². The highest BCUT2D eigenvalue weighted by Gasteiger charge is 2.52. The second-order valence-corrected chi connectivity index (χ2v) is 13.7. The van der Waals surface area contributed by atoms with Gasteiger partial charge in [-0.25, -0.2) is 14.8 Å². The Morgan fingerprint density at radius 2 is 1.68 bits per heavy atom. The number of anilines is 1. The molecular weight excluding hydrogens is 509 g/mol. The quantitative estimate of drug-likeness (QED) is 0.478. The summed E-state index contributed by atoms with van der Waals surface area (Å²) in [5.74, 6) is 0.432. The van der Waals surface area contributed by atoms with Crippen LogP contribution in [-0.2, 0) is 18.8 Å². The fourth-order valence-corrected chi connectivity index (χ4v) is 4.94. The van der Waals surface area contributed by atoms with Crippen LogP contribution >= 0.6 is 0 Å². The van der Waals surface area contributed by atoms with Crippen molar-refractivity contribution < 1.29 is 23.6 Å². The van der Waals surface area contributed by atoms with Crippen LogP contribution in [0, 0.1) is 5.92 Å². The molecule has 0 bridgehead atoms. The lowest BCUT2D eigenvalue weighted by molar-refractivity contribution is -0.138. The lowest BCUT2D eigenvalue weighted by atomic mass is 9.81. The zero-order valence-corrected chi connectivity index (χ0v) is 26.4. The molecule has 3 heterocycles. The summed E-state index contributed by atoms with van der Waals surface area (Å²) >= 11 is 0. The van der Waals surface area contributed by atoms with E-state index in [1.54, 1.807) is 12.4 Å². The molecule has 224 valence electrons. The van der Waals surface area contributed by atoms with E-state index in [-0.39, 0.29) is 23.9 Å².